The Kier molecular flexibility index (Phi) is 50.0. The van der Waals surface area contributed by atoms with Gasteiger partial charge in [-0.3, -0.25) is 14.8 Å². The number of carbonyl (C=O) groups is 6. The third-order valence-corrected chi connectivity index (χ3v) is 14.0. The molecule has 6 N–H and O–H groups in total. The number of hydrogen-bond donors (Lipinski definition) is 6. The van der Waals surface area contributed by atoms with Gasteiger partial charge in [-0.15, -0.1) is 9.24 Å². The standard InChI is InChI=1S/C15H15NO2.C15H14O2.2C15H12O2.C8H6O3.C7H9P.C4H8O.CH4.BrH.3Pb.2H/c17-15(16-18)14-8-4-7-13(11-14)10-9-12-5-2-1-3-6-12;3*16-15(17)14-8-4-7-13(11-14)10-9-12-5-2-1-3-6-12;9-5-6-2-1-3-7(4-6)8(10)11;8-6-7-4-2-1-3-5-7;1-2-4-5-3-1;;;;;;;/h1-8,11,18H,9-10H2,(H,16,17);1-8,11H,9-10H2,(H,16,17);2*1-11H,(H,16,17);1-5H,(H,10,11);1-5H,6,8H2;1-4H2;1H4;1H;;;;;/p-1/b;;10-9+;10-9-;;;;;;;;;;. The molecule has 1 fully saturated rings. The summed E-state index contributed by atoms with van der Waals surface area (Å²) in [6.07, 6.45) is 15.6. The molecule has 1 aliphatic heterocycles. The van der Waals surface area contributed by atoms with E-state index in [0.717, 1.165) is 78.4 Å². The van der Waals surface area contributed by atoms with E-state index in [9.17, 15) is 28.8 Å². The van der Waals surface area contributed by atoms with Crippen molar-refractivity contribution < 1.29 is 76.1 Å². The fourth-order valence-corrected chi connectivity index (χ4v) is 8.86. The van der Waals surface area contributed by atoms with Gasteiger partial charge in [0.1, 0.15) is 6.29 Å². The topological polar surface area (TPSA) is 225 Å². The van der Waals surface area contributed by atoms with E-state index in [-0.39, 0.29) is 112 Å². The van der Waals surface area contributed by atoms with Gasteiger partial charge in [0.05, 0.1) is 22.3 Å². The minimum Gasteiger partial charge on any atom is 0 e. The molecule has 0 bridgehead atoms. The molecule has 13 nitrogen and oxygen atoms in total. The van der Waals surface area contributed by atoms with Gasteiger partial charge in [0, 0.05) is 51.6 Å². The molecule has 10 radical (unpaired) electrons. The number of rotatable bonds is 17. The Balaban J connectivity index is 0.00000114. The predicted octanol–water partition coefficient (Wildman–Crippen LogP) is 12.9. The number of halogens is 1. The molecule has 0 aliphatic carbocycles. The van der Waals surface area contributed by atoms with Gasteiger partial charge in [-0.05, 0) is 155 Å². The number of aldehydes is 1. The van der Waals surface area contributed by atoms with E-state index in [0.29, 0.717) is 34.1 Å². The van der Waals surface area contributed by atoms with Crippen molar-refractivity contribution >= 4 is 152 Å². The number of benzene rings is 10. The van der Waals surface area contributed by atoms with E-state index in [1.165, 1.54) is 47.7 Å². The van der Waals surface area contributed by atoms with E-state index >= 15 is 0 Å². The number of aromatic carboxylic acids is 4. The zero-order valence-electron chi connectivity index (χ0n) is 53.4. The number of carboxylic acids is 4. The van der Waals surface area contributed by atoms with Gasteiger partial charge in [-0.1, -0.05) is 244 Å². The number of aryl methyl sites for hydroxylation is 4. The maximum Gasteiger partial charge on any atom is 0 e. The zero-order chi connectivity index (χ0) is 66.7. The molecule has 1 heterocycles. The maximum absolute atomic E-state index is 11.3. The minimum absolute atomic E-state index is 0. The quantitative estimate of drug-likeness (QED) is 0.0125. The first-order valence-electron chi connectivity index (χ1n) is 29.9. The van der Waals surface area contributed by atoms with Crippen LogP contribution >= 0.6 is 9.24 Å². The molecule has 0 saturated carbocycles. The molecule has 1 amide bonds. The second-order valence-corrected chi connectivity index (χ2v) is 20.9. The molecule has 1 unspecified atom stereocenters. The average molecular weight is 1980 g/mol. The van der Waals surface area contributed by atoms with Crippen molar-refractivity contribution in [3.63, 3.8) is 0 Å². The van der Waals surface area contributed by atoms with Crippen LogP contribution in [0.15, 0.2) is 273 Å². The van der Waals surface area contributed by atoms with Crippen molar-refractivity contribution in [2.75, 3.05) is 13.2 Å². The second kappa shape index (κ2) is 54.2. The Bertz CT molecular complexity index is 3830. The number of ether oxygens (including phenoxy) is 1. The van der Waals surface area contributed by atoms with Crippen LogP contribution in [-0.4, -0.2) is 157 Å². The summed E-state index contributed by atoms with van der Waals surface area (Å²) in [5, 5.41) is 43.7. The van der Waals surface area contributed by atoms with E-state index in [1.54, 1.807) is 78.3 Å². The molecule has 18 heteroatoms. The Morgan fingerprint density at radius 2 is 0.633 bits per heavy atom. The number of carboxylic acid groups (broad SMARTS) is 4. The third kappa shape index (κ3) is 37.9. The van der Waals surface area contributed by atoms with E-state index < -0.39 is 29.8 Å². The van der Waals surface area contributed by atoms with Crippen LogP contribution in [0, 0.1) is 0 Å². The van der Waals surface area contributed by atoms with Crippen LogP contribution in [0.25, 0.3) is 24.3 Å². The van der Waals surface area contributed by atoms with Gasteiger partial charge in [0.25, 0.3) is 5.91 Å². The molecule has 1 saturated heterocycles. The molecule has 10 aromatic carbocycles. The van der Waals surface area contributed by atoms with Crippen LogP contribution in [0.5, 0.6) is 0 Å². The summed E-state index contributed by atoms with van der Waals surface area (Å²) in [4.78, 5) is 64.3. The number of carbonyl (C=O) groups excluding carboxylic acids is 2. The van der Waals surface area contributed by atoms with Crippen LogP contribution in [-0.2, 0) is 36.6 Å². The average Bonchev–Trinajstić information content (AvgIpc) is 1.24. The zero-order valence-corrected chi connectivity index (χ0v) is 69.0. The molecule has 1 atom stereocenters. The van der Waals surface area contributed by atoms with Gasteiger partial charge >= 0.3 is 78.5 Å². The molecule has 0 aromatic heterocycles. The van der Waals surface area contributed by atoms with Crippen molar-refractivity contribution in [2.24, 2.45) is 0 Å². The number of nitrogens with one attached hydrogen (secondary N) is 1. The number of hydrogen-bond acceptors (Lipinski definition) is 8. The minimum atomic E-state index is -1.02. The molecule has 1 aliphatic rings. The van der Waals surface area contributed by atoms with Crippen LogP contribution in [0.2, 0.25) is 0 Å². The Labute approximate surface area is 648 Å². The summed E-state index contributed by atoms with van der Waals surface area (Å²) in [6.45, 7) is 2.00. The number of hydroxylamine groups is 1. The molecule has 504 valence electrons. The molecule has 11 rings (SSSR count). The van der Waals surface area contributed by atoms with Gasteiger partial charge < -0.3 is 42.1 Å². The van der Waals surface area contributed by atoms with Crippen molar-refractivity contribution in [1.29, 1.82) is 0 Å². The van der Waals surface area contributed by atoms with E-state index in [4.69, 9.17) is 30.4 Å². The van der Waals surface area contributed by atoms with E-state index in [2.05, 4.69) is 57.8 Å². The maximum atomic E-state index is 11.3. The molecule has 0 spiro atoms. The van der Waals surface area contributed by atoms with E-state index in [1.807, 2.05) is 158 Å². The first-order chi connectivity index (χ1) is 45.2. The fraction of sp³-hybridized carbons (Fsp3) is 0.125. The fourth-order valence-electron chi connectivity index (χ4n) is 8.59. The second-order valence-electron chi connectivity index (χ2n) is 20.5. The van der Waals surface area contributed by atoms with Gasteiger partial charge in [-0.25, -0.2) is 24.7 Å². The van der Waals surface area contributed by atoms with Crippen molar-refractivity contribution in [3.8, 4) is 0 Å². The largest absolute Gasteiger partial charge is 0 e. The summed E-state index contributed by atoms with van der Waals surface area (Å²) in [7, 11) is 2.69. The molecular formula is C80H82BrNO12PPb3-. The van der Waals surface area contributed by atoms with Gasteiger partial charge in [0.15, 0.2) is 0 Å². The van der Waals surface area contributed by atoms with Crippen LogP contribution < -0.4 is 22.5 Å². The third-order valence-electron chi connectivity index (χ3n) is 13.5. The van der Waals surface area contributed by atoms with Crippen molar-refractivity contribution in [1.82, 2.24) is 5.48 Å². The van der Waals surface area contributed by atoms with Crippen LogP contribution in [0.3, 0.4) is 0 Å². The first kappa shape index (κ1) is 90.3. The Morgan fingerprint density at radius 1 is 0.367 bits per heavy atom. The Morgan fingerprint density at radius 3 is 0.949 bits per heavy atom. The SMILES string of the molecule is C.C1CCOC1.O=C(NO)c1cccc(CCc2ccccc2)c1.O=C(O)c1cccc(/C=C/c2ccccc2)c1.O=C(O)c1cccc(/C=C\c2ccccc2)c1.O=C(O)c1cccc(CCc2ccccc2)c1.O=Cc1cccc(C(=O)O)c1.PCc1ccccc1.[Br-].[PbH].[PbH].[Pb]. The summed E-state index contributed by atoms with van der Waals surface area (Å²) < 4.78 is 4.94. The molecule has 10 aromatic rings. The smallest absolute Gasteiger partial charge is 0 e. The Hall–Kier alpha value is -7.70. The summed E-state index contributed by atoms with van der Waals surface area (Å²) in [5.41, 5.74) is 13.6. The summed E-state index contributed by atoms with van der Waals surface area (Å²) >= 11 is 0. The normalized spacial score (nSPS) is 10.3. The summed E-state index contributed by atoms with van der Waals surface area (Å²) in [6, 6.07) is 84.6. The van der Waals surface area contributed by atoms with Crippen molar-refractivity contribution in [3.05, 3.63) is 356 Å². The van der Waals surface area contributed by atoms with Gasteiger partial charge in [0.2, 0.25) is 0 Å². The van der Waals surface area contributed by atoms with Crippen molar-refractivity contribution in [2.45, 2.75) is 52.1 Å². The first-order valence-corrected chi connectivity index (χ1v) is 30.7. The molecule has 98 heavy (non-hydrogen) atoms. The van der Waals surface area contributed by atoms with Crippen LogP contribution in [0.4, 0.5) is 0 Å². The number of amides is 1. The predicted molar refractivity (Wildman–Crippen MR) is 400 cm³/mol. The molecular weight excluding hydrogens is 1900 g/mol. The monoisotopic (exact) mass is 1980 g/mol. The summed E-state index contributed by atoms with van der Waals surface area (Å²) in [5.74, 6) is -4.17. The van der Waals surface area contributed by atoms with Crippen LogP contribution in [0.1, 0.15) is 132 Å². The van der Waals surface area contributed by atoms with Gasteiger partial charge in [-0.2, -0.15) is 0 Å².